The molecule has 0 unspecified atom stereocenters. The molecule has 0 spiro atoms. The zero-order chi connectivity index (χ0) is 16.0. The maximum absolute atomic E-state index is 12.5. The summed E-state index contributed by atoms with van der Waals surface area (Å²) in [5, 5.41) is 0. The van der Waals surface area contributed by atoms with E-state index in [0.29, 0.717) is 0 Å². The molecule has 0 N–H and O–H groups in total. The smallest absolute Gasteiger partial charge is 0.433 e. The Hall–Kier alpha value is -2.63. The van der Waals surface area contributed by atoms with Crippen molar-refractivity contribution in [2.75, 3.05) is 0 Å². The van der Waals surface area contributed by atoms with E-state index in [1.807, 2.05) is 6.07 Å². The van der Waals surface area contributed by atoms with Crippen molar-refractivity contribution in [2.45, 2.75) is 12.8 Å². The van der Waals surface area contributed by atoms with Gasteiger partial charge in [-0.1, -0.05) is 42.5 Å². The number of carbonyl (C=O) groups excluding carboxylic acids is 1. The lowest BCUT2D eigenvalue weighted by atomic mass is 10.1. The van der Waals surface area contributed by atoms with Gasteiger partial charge >= 0.3 is 12.3 Å². The van der Waals surface area contributed by atoms with Crippen LogP contribution in [0.5, 0.6) is 0 Å². The molecule has 0 aliphatic carbocycles. The summed E-state index contributed by atoms with van der Waals surface area (Å²) in [6, 6.07) is 13.5. The van der Waals surface area contributed by atoms with E-state index in [0.717, 1.165) is 23.9 Å². The molecule has 0 radical (unpaired) electrons. The zero-order valence-electron chi connectivity index (χ0n) is 11.4. The third-order valence-corrected chi connectivity index (χ3v) is 2.74. The van der Waals surface area contributed by atoms with Gasteiger partial charge in [-0.2, -0.15) is 18.2 Å². The quantitative estimate of drug-likeness (QED) is 0.785. The summed E-state index contributed by atoms with van der Waals surface area (Å²) in [4.78, 5) is 14.9. The highest BCUT2D eigenvalue weighted by atomic mass is 19.4. The Balaban J connectivity index is 1.95. The summed E-state index contributed by atoms with van der Waals surface area (Å²) in [7, 11) is 0. The summed E-state index contributed by atoms with van der Waals surface area (Å²) in [5.41, 5.74) is 0.172. The second-order valence-electron chi connectivity index (χ2n) is 4.42. The number of benzene rings is 2. The van der Waals surface area contributed by atoms with Gasteiger partial charge in [-0.05, 0) is 23.3 Å². The first-order valence-corrected chi connectivity index (χ1v) is 6.37. The van der Waals surface area contributed by atoms with Crippen LogP contribution in [0.3, 0.4) is 0 Å². The van der Waals surface area contributed by atoms with Gasteiger partial charge in [-0.15, -0.1) is 0 Å². The molecule has 0 atom stereocenters. The molecule has 3 nitrogen and oxygen atoms in total. The van der Waals surface area contributed by atoms with Crippen LogP contribution in [0.1, 0.15) is 16.7 Å². The fourth-order valence-electron chi connectivity index (χ4n) is 1.68. The summed E-state index contributed by atoms with van der Waals surface area (Å²) in [6.07, 6.45) is -4.25. The Morgan fingerprint density at radius 3 is 2.50 bits per heavy atom. The fourth-order valence-corrected chi connectivity index (χ4v) is 1.68. The number of rotatable bonds is 3. The normalized spacial score (nSPS) is 11.6. The Bertz CT molecular complexity index is 667. The molecule has 0 saturated carbocycles. The molecule has 0 aromatic heterocycles. The minimum Gasteiger partial charge on any atom is -0.443 e. The van der Waals surface area contributed by atoms with E-state index in [1.54, 1.807) is 24.3 Å². The fraction of sp³-hybridized carbons (Fsp3) is 0.125. The first-order chi connectivity index (χ1) is 10.4. The van der Waals surface area contributed by atoms with E-state index in [1.165, 1.54) is 12.1 Å². The van der Waals surface area contributed by atoms with Crippen molar-refractivity contribution in [3.05, 3.63) is 71.3 Å². The van der Waals surface area contributed by atoms with E-state index in [-0.39, 0.29) is 12.2 Å². The molecule has 2 aromatic rings. The monoisotopic (exact) mass is 307 g/mol. The Morgan fingerprint density at radius 1 is 1.09 bits per heavy atom. The molecular formula is C16H12F3NO2. The highest BCUT2D eigenvalue weighted by Gasteiger charge is 2.30. The van der Waals surface area contributed by atoms with Gasteiger partial charge in [0.05, 0.1) is 5.56 Å². The van der Waals surface area contributed by atoms with Crippen LogP contribution in [0.4, 0.5) is 18.0 Å². The number of nitrogens with zero attached hydrogens (tertiary/aromatic N) is 1. The molecule has 0 aliphatic heterocycles. The third kappa shape index (κ3) is 4.73. The molecule has 2 rings (SSSR count). The standard InChI is InChI=1S/C16H12F3NO2/c17-16(18,19)14-8-4-7-13(9-14)10-20-15(21)22-11-12-5-2-1-3-6-12/h1-10H,11H2. The van der Waals surface area contributed by atoms with Gasteiger partial charge in [0.2, 0.25) is 0 Å². The Morgan fingerprint density at radius 2 is 1.82 bits per heavy atom. The van der Waals surface area contributed by atoms with Crippen LogP contribution in [-0.2, 0) is 17.5 Å². The molecule has 0 aliphatic rings. The first-order valence-electron chi connectivity index (χ1n) is 6.37. The second kappa shape index (κ2) is 6.89. The van der Waals surface area contributed by atoms with Crippen molar-refractivity contribution < 1.29 is 22.7 Å². The van der Waals surface area contributed by atoms with E-state index < -0.39 is 17.8 Å². The maximum atomic E-state index is 12.5. The van der Waals surface area contributed by atoms with Gasteiger partial charge < -0.3 is 4.74 Å². The molecule has 6 heteroatoms. The average molecular weight is 307 g/mol. The molecule has 2 aromatic carbocycles. The summed E-state index contributed by atoms with van der Waals surface area (Å²) >= 11 is 0. The molecular weight excluding hydrogens is 295 g/mol. The van der Waals surface area contributed by atoms with Crippen LogP contribution in [0.2, 0.25) is 0 Å². The van der Waals surface area contributed by atoms with Crippen LogP contribution in [0.15, 0.2) is 59.6 Å². The molecule has 1 amide bonds. The van der Waals surface area contributed by atoms with Crippen molar-refractivity contribution in [2.24, 2.45) is 4.99 Å². The van der Waals surface area contributed by atoms with Crippen LogP contribution < -0.4 is 0 Å². The minimum absolute atomic E-state index is 0.0552. The molecule has 114 valence electrons. The Labute approximate surface area is 125 Å². The number of amides is 1. The van der Waals surface area contributed by atoms with Gasteiger partial charge in [-0.3, -0.25) is 0 Å². The predicted molar refractivity (Wildman–Crippen MR) is 75.7 cm³/mol. The van der Waals surface area contributed by atoms with Crippen LogP contribution in [0.25, 0.3) is 0 Å². The lowest BCUT2D eigenvalue weighted by Gasteiger charge is -2.06. The van der Waals surface area contributed by atoms with Crippen molar-refractivity contribution in [1.29, 1.82) is 0 Å². The van der Waals surface area contributed by atoms with Crippen molar-refractivity contribution in [1.82, 2.24) is 0 Å². The molecule has 22 heavy (non-hydrogen) atoms. The average Bonchev–Trinajstić information content (AvgIpc) is 2.51. The van der Waals surface area contributed by atoms with Gasteiger partial charge in [0, 0.05) is 6.21 Å². The van der Waals surface area contributed by atoms with Gasteiger partial charge in [-0.25, -0.2) is 4.79 Å². The predicted octanol–water partition coefficient (Wildman–Crippen LogP) is 4.46. The van der Waals surface area contributed by atoms with E-state index in [9.17, 15) is 18.0 Å². The zero-order valence-corrected chi connectivity index (χ0v) is 11.4. The number of carbonyl (C=O) groups is 1. The highest BCUT2D eigenvalue weighted by Crippen LogP contribution is 2.29. The van der Waals surface area contributed by atoms with Crippen molar-refractivity contribution in [3.8, 4) is 0 Å². The largest absolute Gasteiger partial charge is 0.443 e. The number of hydrogen-bond donors (Lipinski definition) is 0. The number of hydrogen-bond acceptors (Lipinski definition) is 2. The first kappa shape index (κ1) is 15.8. The number of halogens is 3. The molecule has 0 bridgehead atoms. The van der Waals surface area contributed by atoms with Crippen LogP contribution in [-0.4, -0.2) is 12.3 Å². The van der Waals surface area contributed by atoms with E-state index >= 15 is 0 Å². The lowest BCUT2D eigenvalue weighted by Crippen LogP contribution is -2.05. The van der Waals surface area contributed by atoms with E-state index in [2.05, 4.69) is 4.99 Å². The number of ether oxygens (including phenoxy) is 1. The summed E-state index contributed by atoms with van der Waals surface area (Å²) in [5.74, 6) is 0. The topological polar surface area (TPSA) is 38.7 Å². The number of alkyl halides is 3. The summed E-state index contributed by atoms with van der Waals surface area (Å²) < 4.78 is 42.5. The molecule has 0 saturated heterocycles. The SMILES string of the molecule is O=C(N=Cc1cccc(C(F)(F)F)c1)OCc1ccccc1. The van der Waals surface area contributed by atoms with Crippen molar-refractivity contribution >= 4 is 12.3 Å². The lowest BCUT2D eigenvalue weighted by molar-refractivity contribution is -0.137. The Kier molecular flexibility index (Phi) is 4.93. The summed E-state index contributed by atoms with van der Waals surface area (Å²) in [6.45, 7) is 0.0552. The minimum atomic E-state index is -4.43. The van der Waals surface area contributed by atoms with Gasteiger partial charge in [0.15, 0.2) is 0 Å². The maximum Gasteiger partial charge on any atom is 0.433 e. The number of aliphatic imine (C=N–C) groups is 1. The molecule has 0 heterocycles. The van der Waals surface area contributed by atoms with E-state index in [4.69, 9.17) is 4.74 Å². The van der Waals surface area contributed by atoms with Crippen molar-refractivity contribution in [3.63, 3.8) is 0 Å². The van der Waals surface area contributed by atoms with Crippen LogP contribution >= 0.6 is 0 Å². The second-order valence-corrected chi connectivity index (χ2v) is 4.42. The van der Waals surface area contributed by atoms with Gasteiger partial charge in [0.1, 0.15) is 6.61 Å². The molecule has 0 fully saturated rings. The highest BCUT2D eigenvalue weighted by molar-refractivity contribution is 5.88. The third-order valence-electron chi connectivity index (χ3n) is 2.74. The van der Waals surface area contributed by atoms with Gasteiger partial charge in [0.25, 0.3) is 0 Å². The van der Waals surface area contributed by atoms with Crippen LogP contribution in [0, 0.1) is 0 Å².